The summed E-state index contributed by atoms with van der Waals surface area (Å²) in [6.45, 7) is -1.32. The number of carbonyl (C=O) groups excluding carboxylic acids is 4. The Morgan fingerprint density at radius 1 is 0.500 bits per heavy atom. The molecule has 0 saturated carbocycles. The normalized spacial score (nSPS) is 12.8. The van der Waals surface area contributed by atoms with E-state index in [0.717, 1.165) is 45.3 Å². The highest BCUT2D eigenvalue weighted by molar-refractivity contribution is 7.26. The van der Waals surface area contributed by atoms with E-state index in [9.17, 15) is 10.5 Å². The number of aliphatic imine (C=N–C) groups is 2. The van der Waals surface area contributed by atoms with Crippen molar-refractivity contribution in [3.8, 4) is 76.0 Å². The van der Waals surface area contributed by atoms with Crippen molar-refractivity contribution in [2.24, 2.45) is 21.5 Å². The van der Waals surface area contributed by atoms with Gasteiger partial charge in [-0.15, -0.1) is 45.3 Å². The summed E-state index contributed by atoms with van der Waals surface area (Å²) in [7, 11) is 2.85. The maximum atomic E-state index is 15.6. The van der Waals surface area contributed by atoms with Crippen molar-refractivity contribution in [2.75, 3.05) is 14.2 Å². The summed E-state index contributed by atoms with van der Waals surface area (Å²) < 4.78 is 49.6. The molecule has 0 unspecified atom stereocenters. The number of hydrogen-bond donors (Lipinski definition) is 2. The number of thiophene rings is 2. The van der Waals surface area contributed by atoms with Gasteiger partial charge in [0.2, 0.25) is 17.5 Å². The van der Waals surface area contributed by atoms with Crippen molar-refractivity contribution in [3.63, 3.8) is 0 Å². The number of thiazole rings is 2. The van der Waals surface area contributed by atoms with Crippen molar-refractivity contribution in [2.45, 2.75) is 37.6 Å². The lowest BCUT2D eigenvalue weighted by Crippen LogP contribution is -2.54. The summed E-state index contributed by atoms with van der Waals surface area (Å²) in [5.41, 5.74) is 7.47. The first-order valence-corrected chi connectivity index (χ1v) is 28.4. The fraction of sp³-hybridized carbons (Fsp3) is 0.133. The lowest BCUT2D eigenvalue weighted by molar-refractivity contribution is -0.185. The monoisotopic (exact) mass is 1190 g/mol. The van der Waals surface area contributed by atoms with Gasteiger partial charge in [-0.05, 0) is 34.4 Å². The number of methoxy groups -OCH3 is 2. The van der Waals surface area contributed by atoms with Crippen molar-refractivity contribution in [1.29, 1.82) is 10.5 Å². The molecule has 24 heteroatoms. The van der Waals surface area contributed by atoms with Crippen molar-refractivity contribution in [1.82, 2.24) is 9.97 Å². The van der Waals surface area contributed by atoms with E-state index < -0.39 is 40.8 Å². The molecule has 418 valence electrons. The van der Waals surface area contributed by atoms with E-state index in [0.29, 0.717) is 42.8 Å². The number of nitrogens with zero attached hydrogens (tertiary/aromatic N) is 6. The predicted molar refractivity (Wildman–Crippen MR) is 312 cm³/mol. The van der Waals surface area contributed by atoms with E-state index in [1.165, 1.54) is 32.4 Å². The second kappa shape index (κ2) is 23.7. The molecule has 4 N–H and O–H groups in total. The summed E-state index contributed by atoms with van der Waals surface area (Å²) in [6.07, 6.45) is 0. The summed E-state index contributed by atoms with van der Waals surface area (Å²) in [5, 5.41) is 20.2. The topological polar surface area (TPSA) is 292 Å². The van der Waals surface area contributed by atoms with Crippen molar-refractivity contribution < 1.29 is 57.1 Å². The van der Waals surface area contributed by atoms with Gasteiger partial charge in [0, 0.05) is 34.4 Å². The third kappa shape index (κ3) is 10.6. The molecule has 4 aromatic heterocycles. The van der Waals surface area contributed by atoms with Gasteiger partial charge in [0.15, 0.2) is 5.96 Å². The van der Waals surface area contributed by atoms with Crippen LogP contribution in [0.4, 0.5) is 10.0 Å². The predicted octanol–water partition coefficient (Wildman–Crippen LogP) is 10.6. The van der Waals surface area contributed by atoms with Crippen LogP contribution in [0.15, 0.2) is 156 Å². The number of guanidine groups is 1. The molecule has 2 aliphatic rings. The summed E-state index contributed by atoms with van der Waals surface area (Å²) >= 11 is 4.21. The highest BCUT2D eigenvalue weighted by Crippen LogP contribution is 2.59. The van der Waals surface area contributed by atoms with Gasteiger partial charge in [-0.3, -0.25) is 0 Å². The number of esters is 4. The first-order valence-electron chi connectivity index (χ1n) is 25.1. The lowest BCUT2D eigenvalue weighted by Gasteiger charge is -2.38. The lowest BCUT2D eigenvalue weighted by atomic mass is 9.79. The molecule has 20 nitrogen and oxygen atoms in total. The number of carbonyl (C=O) groups is 4. The average molecular weight is 1200 g/mol. The van der Waals surface area contributed by atoms with Crippen molar-refractivity contribution >= 4 is 90.9 Å². The molecule has 0 bridgehead atoms. The first kappa shape index (κ1) is 55.7. The van der Waals surface area contributed by atoms with Crippen LogP contribution in [0.2, 0.25) is 0 Å². The molecule has 84 heavy (non-hydrogen) atoms. The van der Waals surface area contributed by atoms with E-state index >= 15 is 19.2 Å². The van der Waals surface area contributed by atoms with Crippen LogP contribution in [-0.4, -0.2) is 59.7 Å². The summed E-state index contributed by atoms with van der Waals surface area (Å²) in [4.78, 5) is 81.8. The number of fused-ring (bicyclic) bond motifs is 6. The number of benzene rings is 5. The maximum absolute atomic E-state index is 15.6. The molecule has 0 atom stereocenters. The Hall–Kier alpha value is -10.2. The van der Waals surface area contributed by atoms with Crippen LogP contribution in [0.5, 0.6) is 23.3 Å². The molecular formula is C60H42N8O12S4. The third-order valence-electron chi connectivity index (χ3n) is 13.0. The average Bonchev–Trinajstić information content (AvgIpc) is 1.21. The van der Waals surface area contributed by atoms with Gasteiger partial charge in [-0.1, -0.05) is 121 Å². The van der Waals surface area contributed by atoms with Crippen LogP contribution >= 0.6 is 45.3 Å². The quantitative estimate of drug-likeness (QED) is 0.0265. The van der Waals surface area contributed by atoms with Gasteiger partial charge in [-0.2, -0.15) is 10.5 Å². The Morgan fingerprint density at radius 3 is 1.14 bits per heavy atom. The van der Waals surface area contributed by atoms with Crippen LogP contribution < -0.4 is 30.4 Å². The van der Waals surface area contributed by atoms with E-state index in [4.69, 9.17) is 59.3 Å². The molecule has 0 amide bonds. The summed E-state index contributed by atoms with van der Waals surface area (Å²) in [6, 6.07) is 44.5. The highest BCUT2D eigenvalue weighted by Gasteiger charge is 2.63. The summed E-state index contributed by atoms with van der Waals surface area (Å²) in [5.74, 6) is -5.08. The van der Waals surface area contributed by atoms with Gasteiger partial charge in [0.25, 0.3) is 0 Å². The van der Waals surface area contributed by atoms with E-state index in [2.05, 4.69) is 9.98 Å². The van der Waals surface area contributed by atoms with Gasteiger partial charge >= 0.3 is 35.1 Å². The van der Waals surface area contributed by atoms with Gasteiger partial charge in [0.1, 0.15) is 79.8 Å². The number of ether oxygens (including phenoxy) is 8. The number of nitriles is 2. The molecule has 0 radical (unpaired) electrons. The molecule has 0 saturated heterocycles. The first-order chi connectivity index (χ1) is 40.8. The minimum Gasteiger partial charge on any atom is -0.495 e. The van der Waals surface area contributed by atoms with Gasteiger partial charge in [-0.25, -0.2) is 39.1 Å². The van der Waals surface area contributed by atoms with Gasteiger partial charge < -0.3 is 49.4 Å². The number of rotatable bonds is 18. The molecule has 2 aliphatic heterocycles. The molecule has 0 spiro atoms. The number of hydrogen-bond acceptors (Lipinski definition) is 22. The van der Waals surface area contributed by atoms with Gasteiger partial charge in [0.05, 0.1) is 24.0 Å². The van der Waals surface area contributed by atoms with Crippen LogP contribution in [0.3, 0.4) is 0 Å². The largest absolute Gasteiger partial charge is 0.495 e. The minimum atomic E-state index is -2.86. The zero-order chi connectivity index (χ0) is 58.5. The number of nitrogens with two attached hydrogens (primary N) is 2. The Balaban J connectivity index is 1.19. The second-order valence-electron chi connectivity index (χ2n) is 18.2. The standard InChI is InChI=1S/C60H42N8O12S4/c1-73-42-25-44(65-37(27-61)28-62)81-48(42)52-67-50-46(83-52)38-23-41-39(24-40(38)59(79-50,54(69)75-29-33-15-7-3-8-16-33)55(70)76-30-34-17-9-4-10-18-34)47-51(68-53(84-47)49-43(74-2)26-45(82-49)66-58(63)64)80-60(41,56(71)77-31-35-19-11-5-12-20-35)57(72)78-32-36-21-13-6-14-22-36/h3-26H,29-32H2,1-2H3,(H4,63,64,66). The molecule has 0 aliphatic carbocycles. The fourth-order valence-corrected chi connectivity index (χ4v) is 13.3. The number of aromatic nitrogens is 2. The van der Waals surface area contributed by atoms with E-state index in [-0.39, 0.29) is 96.9 Å². The third-order valence-corrected chi connectivity index (χ3v) is 17.4. The minimum absolute atomic E-state index is 0.0340. The zero-order valence-corrected chi connectivity index (χ0v) is 47.3. The SMILES string of the molecule is COc1cc(N=C(N)N)sc1-c1nc2c(s1)-c1cc3c(cc1C(C(=O)OCc1ccccc1)(C(=O)OCc1ccccc1)O2)-c1sc(-c2sc(N=C(C#N)C#N)cc2OC)nc1OC3(C(=O)OCc1ccccc1)C(=O)OCc1ccccc1. The van der Waals surface area contributed by atoms with Crippen LogP contribution in [0, 0.1) is 22.7 Å². The van der Waals surface area contributed by atoms with Crippen LogP contribution in [-0.2, 0) is 75.8 Å². The Morgan fingerprint density at radius 2 is 0.833 bits per heavy atom. The van der Waals surface area contributed by atoms with E-state index in [1.807, 2.05) is 0 Å². The second-order valence-corrected chi connectivity index (χ2v) is 22.3. The highest BCUT2D eigenvalue weighted by atomic mass is 32.1. The Kier molecular flexibility index (Phi) is 15.7. The molecule has 6 heterocycles. The molecule has 9 aromatic rings. The van der Waals surface area contributed by atoms with Crippen LogP contribution in [0.25, 0.3) is 40.7 Å². The van der Waals surface area contributed by atoms with Crippen LogP contribution in [0.1, 0.15) is 33.4 Å². The zero-order valence-electron chi connectivity index (χ0n) is 44.1. The van der Waals surface area contributed by atoms with E-state index in [1.54, 1.807) is 140 Å². The molecular weight excluding hydrogens is 1150 g/mol. The maximum Gasteiger partial charge on any atom is 0.367 e. The molecule has 11 rings (SSSR count). The van der Waals surface area contributed by atoms with Crippen molar-refractivity contribution in [3.05, 3.63) is 179 Å². The fourth-order valence-electron chi connectivity index (χ4n) is 9.06. The molecule has 5 aromatic carbocycles. The smallest absolute Gasteiger partial charge is 0.367 e. The Labute approximate surface area is 494 Å². The Bertz CT molecular complexity index is 4040. The molecule has 0 fully saturated rings.